The number of aliphatic hydroxyl groups is 1. The maximum atomic E-state index is 10.8. The van der Waals surface area contributed by atoms with E-state index >= 15 is 0 Å². The van der Waals surface area contributed by atoms with Gasteiger partial charge in [-0.1, -0.05) is 30.3 Å². The molecule has 2 atom stereocenters. The predicted octanol–water partition coefficient (Wildman–Crippen LogP) is -0.0998. The number of benzene rings is 1. The number of amides is 1. The smallest absolute Gasteiger partial charge is 0.231 e. The van der Waals surface area contributed by atoms with Gasteiger partial charge in [-0.15, -0.1) is 0 Å². The Morgan fingerprint density at radius 3 is 2.61 bits per heavy atom. The summed E-state index contributed by atoms with van der Waals surface area (Å²) in [6.07, 6.45) is -0.0855. The number of rotatable bonds is 6. The first-order chi connectivity index (χ1) is 8.49. The molecule has 0 fully saturated rings. The summed E-state index contributed by atoms with van der Waals surface area (Å²) in [4.78, 5) is 10.8. The molecule has 0 radical (unpaired) electrons. The van der Waals surface area contributed by atoms with Crippen LogP contribution in [-0.4, -0.2) is 41.8 Å². The van der Waals surface area contributed by atoms with Crippen LogP contribution >= 0.6 is 0 Å². The average Bonchev–Trinajstić information content (AvgIpc) is 2.28. The molecule has 0 heterocycles. The van der Waals surface area contributed by atoms with Crippen LogP contribution in [0.5, 0.6) is 0 Å². The number of nitrogens with one attached hydrogen (secondary N) is 1. The van der Waals surface area contributed by atoms with Crippen molar-refractivity contribution in [2.45, 2.75) is 25.5 Å². The molecule has 0 aliphatic carbocycles. The van der Waals surface area contributed by atoms with Gasteiger partial charge in [0, 0.05) is 26.6 Å². The van der Waals surface area contributed by atoms with E-state index in [1.54, 1.807) is 7.05 Å². The third kappa shape index (κ3) is 5.27. The number of hydrogen-bond donors (Lipinski definition) is 3. The molecule has 1 aromatic rings. The van der Waals surface area contributed by atoms with Crippen LogP contribution in [-0.2, 0) is 11.2 Å². The highest BCUT2D eigenvalue weighted by Gasteiger charge is 2.17. The minimum absolute atomic E-state index is 0.165. The van der Waals surface area contributed by atoms with Crippen LogP contribution in [0.25, 0.3) is 0 Å². The predicted molar refractivity (Wildman–Crippen MR) is 70.6 cm³/mol. The summed E-state index contributed by atoms with van der Waals surface area (Å²) in [5.74, 6) is -0.165. The zero-order valence-electron chi connectivity index (χ0n) is 10.8. The summed E-state index contributed by atoms with van der Waals surface area (Å²) in [6.45, 7) is 1.72. The molecule has 2 unspecified atom stereocenters. The normalized spacial score (nSPS) is 14.3. The molecule has 5 nitrogen and oxygen atoms in total. The molecule has 1 aromatic carbocycles. The van der Waals surface area contributed by atoms with E-state index in [0.29, 0.717) is 13.0 Å². The van der Waals surface area contributed by atoms with Crippen LogP contribution < -0.4 is 11.2 Å². The maximum absolute atomic E-state index is 10.8. The number of hydrogen-bond acceptors (Lipinski definition) is 4. The first-order valence-corrected chi connectivity index (χ1v) is 5.95. The SMILES string of the molecule is CC(=O)NN(C)CC(O)C(N)Cc1ccccc1. The van der Waals surface area contributed by atoms with Gasteiger partial charge >= 0.3 is 0 Å². The van der Waals surface area contributed by atoms with Crippen LogP contribution in [0.3, 0.4) is 0 Å². The van der Waals surface area contributed by atoms with E-state index in [-0.39, 0.29) is 11.9 Å². The summed E-state index contributed by atoms with van der Waals surface area (Å²) in [6, 6.07) is 9.42. The van der Waals surface area contributed by atoms with E-state index < -0.39 is 6.10 Å². The monoisotopic (exact) mass is 251 g/mol. The Balaban J connectivity index is 2.41. The van der Waals surface area contributed by atoms with E-state index in [0.717, 1.165) is 5.56 Å². The lowest BCUT2D eigenvalue weighted by Gasteiger charge is -2.24. The van der Waals surface area contributed by atoms with Crippen molar-refractivity contribution in [1.82, 2.24) is 10.4 Å². The van der Waals surface area contributed by atoms with Crippen molar-refractivity contribution in [2.24, 2.45) is 5.73 Å². The summed E-state index contributed by atoms with van der Waals surface area (Å²) >= 11 is 0. The third-order valence-corrected chi connectivity index (χ3v) is 2.62. The Labute approximate surface area is 108 Å². The van der Waals surface area contributed by atoms with Crippen molar-refractivity contribution in [2.75, 3.05) is 13.6 Å². The Hall–Kier alpha value is -1.43. The summed E-state index contributed by atoms with van der Waals surface area (Å²) in [5.41, 5.74) is 9.60. The van der Waals surface area contributed by atoms with Gasteiger partial charge in [0.15, 0.2) is 0 Å². The summed E-state index contributed by atoms with van der Waals surface area (Å²) < 4.78 is 0. The Kier molecular flexibility index (Phi) is 5.77. The van der Waals surface area contributed by atoms with Gasteiger partial charge in [-0.2, -0.15) is 0 Å². The third-order valence-electron chi connectivity index (χ3n) is 2.62. The molecule has 4 N–H and O–H groups in total. The van der Waals surface area contributed by atoms with Crippen LogP contribution in [0, 0.1) is 0 Å². The van der Waals surface area contributed by atoms with Gasteiger partial charge in [-0.25, -0.2) is 5.01 Å². The van der Waals surface area contributed by atoms with E-state index in [9.17, 15) is 9.90 Å². The first-order valence-electron chi connectivity index (χ1n) is 5.95. The van der Waals surface area contributed by atoms with Gasteiger partial charge in [0.1, 0.15) is 0 Å². The van der Waals surface area contributed by atoms with Gasteiger partial charge < -0.3 is 10.8 Å². The molecular formula is C13H21N3O2. The number of likely N-dealkylation sites (N-methyl/N-ethyl adjacent to an activating group) is 1. The second-order valence-electron chi connectivity index (χ2n) is 4.47. The lowest BCUT2D eigenvalue weighted by Crippen LogP contribution is -2.48. The highest BCUT2D eigenvalue weighted by Crippen LogP contribution is 2.05. The Morgan fingerprint density at radius 2 is 2.06 bits per heavy atom. The molecule has 0 bridgehead atoms. The van der Waals surface area contributed by atoms with Crippen molar-refractivity contribution < 1.29 is 9.90 Å². The van der Waals surface area contributed by atoms with Crippen LogP contribution in [0.4, 0.5) is 0 Å². The highest BCUT2D eigenvalue weighted by molar-refractivity contribution is 5.72. The summed E-state index contributed by atoms with van der Waals surface area (Å²) in [5, 5.41) is 11.5. The molecule has 0 aliphatic rings. The zero-order chi connectivity index (χ0) is 13.5. The van der Waals surface area contributed by atoms with E-state index in [4.69, 9.17) is 5.73 Å². The van der Waals surface area contributed by atoms with Crippen molar-refractivity contribution in [3.05, 3.63) is 35.9 Å². The van der Waals surface area contributed by atoms with Crippen LogP contribution in [0.2, 0.25) is 0 Å². The molecule has 5 heteroatoms. The number of hydrazine groups is 1. The van der Waals surface area contributed by atoms with E-state index in [2.05, 4.69) is 5.43 Å². The van der Waals surface area contributed by atoms with Gasteiger partial charge in [-0.3, -0.25) is 10.2 Å². The zero-order valence-corrected chi connectivity index (χ0v) is 10.8. The van der Waals surface area contributed by atoms with E-state index in [1.165, 1.54) is 11.9 Å². The average molecular weight is 251 g/mol. The molecule has 18 heavy (non-hydrogen) atoms. The molecule has 0 spiro atoms. The molecule has 0 aromatic heterocycles. The fourth-order valence-corrected chi connectivity index (χ4v) is 1.75. The Morgan fingerprint density at radius 1 is 1.44 bits per heavy atom. The van der Waals surface area contributed by atoms with Crippen LogP contribution in [0.1, 0.15) is 12.5 Å². The highest BCUT2D eigenvalue weighted by atomic mass is 16.3. The van der Waals surface area contributed by atoms with Gasteiger partial charge in [0.25, 0.3) is 0 Å². The van der Waals surface area contributed by atoms with Crippen molar-refractivity contribution >= 4 is 5.91 Å². The molecule has 1 amide bonds. The number of aliphatic hydroxyl groups excluding tert-OH is 1. The molecule has 0 aliphatic heterocycles. The lowest BCUT2D eigenvalue weighted by atomic mass is 10.0. The topological polar surface area (TPSA) is 78.6 Å². The van der Waals surface area contributed by atoms with E-state index in [1.807, 2.05) is 30.3 Å². The maximum Gasteiger partial charge on any atom is 0.231 e. The molecule has 0 saturated carbocycles. The van der Waals surface area contributed by atoms with Crippen molar-refractivity contribution in [1.29, 1.82) is 0 Å². The first kappa shape index (κ1) is 14.6. The van der Waals surface area contributed by atoms with Crippen molar-refractivity contribution in [3.63, 3.8) is 0 Å². The molecular weight excluding hydrogens is 230 g/mol. The minimum atomic E-state index is -0.693. The largest absolute Gasteiger partial charge is 0.390 e. The lowest BCUT2D eigenvalue weighted by molar-refractivity contribution is -0.123. The fourth-order valence-electron chi connectivity index (χ4n) is 1.75. The fraction of sp³-hybridized carbons (Fsp3) is 0.462. The number of nitrogens with two attached hydrogens (primary N) is 1. The Bertz CT molecular complexity index is 370. The number of carbonyl (C=O) groups is 1. The standard InChI is InChI=1S/C13H21N3O2/c1-10(17)15-16(2)9-13(18)12(14)8-11-6-4-3-5-7-11/h3-7,12-13,18H,8-9,14H2,1-2H3,(H,15,17). The molecule has 1 rings (SSSR count). The quantitative estimate of drug-likeness (QED) is 0.617. The van der Waals surface area contributed by atoms with Gasteiger partial charge in [0.05, 0.1) is 6.10 Å². The molecule has 100 valence electrons. The summed E-state index contributed by atoms with van der Waals surface area (Å²) in [7, 11) is 1.69. The second-order valence-corrected chi connectivity index (χ2v) is 4.47. The van der Waals surface area contributed by atoms with Gasteiger partial charge in [0.2, 0.25) is 5.91 Å². The van der Waals surface area contributed by atoms with Crippen LogP contribution in [0.15, 0.2) is 30.3 Å². The second kappa shape index (κ2) is 7.10. The minimum Gasteiger partial charge on any atom is -0.390 e. The number of carbonyl (C=O) groups excluding carboxylic acids is 1. The van der Waals surface area contributed by atoms with Gasteiger partial charge in [-0.05, 0) is 12.0 Å². The number of nitrogens with zero attached hydrogens (tertiary/aromatic N) is 1. The molecule has 0 saturated heterocycles. The van der Waals surface area contributed by atoms with Crippen molar-refractivity contribution in [3.8, 4) is 0 Å².